The number of aromatic nitrogens is 1. The van der Waals surface area contributed by atoms with Crippen molar-refractivity contribution in [1.82, 2.24) is 15.2 Å². The lowest BCUT2D eigenvalue weighted by atomic mass is 10.0. The van der Waals surface area contributed by atoms with Gasteiger partial charge in [0.2, 0.25) is 5.91 Å². The van der Waals surface area contributed by atoms with Crippen LogP contribution in [0.25, 0.3) is 10.2 Å². The molecule has 0 saturated heterocycles. The molecule has 11 heteroatoms. The number of nitrogens with one attached hydrogen (secondary N) is 2. The number of H-pyrrole nitrogens is 1. The second-order valence-corrected chi connectivity index (χ2v) is 10.0. The molecule has 5 N–H and O–H groups in total. The lowest BCUT2D eigenvalue weighted by Gasteiger charge is -2.32. The summed E-state index contributed by atoms with van der Waals surface area (Å²) < 4.78 is 1.22. The third kappa shape index (κ3) is 4.59. The van der Waals surface area contributed by atoms with Crippen molar-refractivity contribution in [2.24, 2.45) is 5.73 Å². The van der Waals surface area contributed by atoms with Crippen molar-refractivity contribution in [1.29, 1.82) is 0 Å². The van der Waals surface area contributed by atoms with E-state index in [1.807, 2.05) is 24.3 Å². The van der Waals surface area contributed by atoms with E-state index in [0.29, 0.717) is 27.0 Å². The van der Waals surface area contributed by atoms with Crippen LogP contribution in [0.3, 0.4) is 0 Å². The number of aliphatic hydroxyl groups is 1. The van der Waals surface area contributed by atoms with Crippen LogP contribution in [0.15, 0.2) is 30.3 Å². The predicted octanol–water partition coefficient (Wildman–Crippen LogP) is 3.02. The van der Waals surface area contributed by atoms with Gasteiger partial charge in [0.25, 0.3) is 11.8 Å². The number of aliphatic hydroxyl groups excluding tert-OH is 1. The van der Waals surface area contributed by atoms with Crippen LogP contribution in [0.2, 0.25) is 9.36 Å². The molecule has 3 atom stereocenters. The van der Waals surface area contributed by atoms with Gasteiger partial charge in [0.15, 0.2) is 0 Å². The van der Waals surface area contributed by atoms with Crippen molar-refractivity contribution >= 4 is 62.5 Å². The summed E-state index contributed by atoms with van der Waals surface area (Å²) in [6.07, 6.45) is -1.01. The Balaban J connectivity index is 1.56. The molecule has 4 rings (SSSR count). The molecule has 0 radical (unpaired) electrons. The van der Waals surface area contributed by atoms with Crippen molar-refractivity contribution in [2.75, 3.05) is 7.05 Å². The molecule has 174 valence electrons. The number of nitrogens with two attached hydrogens (primary N) is 1. The molecule has 0 fully saturated rings. The first kappa shape index (κ1) is 23.6. The Bertz CT molecular complexity index is 1240. The quantitative estimate of drug-likeness (QED) is 0.390. The normalized spacial score (nSPS) is 18.2. The van der Waals surface area contributed by atoms with E-state index in [1.54, 1.807) is 13.1 Å². The lowest BCUT2D eigenvalue weighted by Crippen LogP contribution is -2.47. The van der Waals surface area contributed by atoms with Gasteiger partial charge in [0.1, 0.15) is 16.1 Å². The van der Waals surface area contributed by atoms with Gasteiger partial charge in [-0.1, -0.05) is 47.5 Å². The van der Waals surface area contributed by atoms with Gasteiger partial charge in [-0.15, -0.1) is 11.3 Å². The summed E-state index contributed by atoms with van der Waals surface area (Å²) in [6, 6.07) is 8.38. The zero-order valence-corrected chi connectivity index (χ0v) is 19.9. The second kappa shape index (κ2) is 9.34. The number of nitrogens with zero attached hydrogens (tertiary/aromatic N) is 1. The fourth-order valence-electron chi connectivity index (χ4n) is 4.24. The first-order valence-corrected chi connectivity index (χ1v) is 11.8. The van der Waals surface area contributed by atoms with E-state index >= 15 is 0 Å². The highest BCUT2D eigenvalue weighted by Gasteiger charge is 2.39. The fourth-order valence-corrected chi connectivity index (χ4v) is 5.73. The summed E-state index contributed by atoms with van der Waals surface area (Å²) >= 11 is 13.5. The van der Waals surface area contributed by atoms with E-state index in [9.17, 15) is 19.5 Å². The summed E-state index contributed by atoms with van der Waals surface area (Å²) in [5.41, 5.74) is 7.96. The van der Waals surface area contributed by atoms with Gasteiger partial charge in [0, 0.05) is 13.5 Å². The zero-order chi connectivity index (χ0) is 23.9. The minimum Gasteiger partial charge on any atom is -0.383 e. The maximum atomic E-state index is 13.0. The SMILES string of the molecule is CN(C(=O)[C@@H](O)CCC(N)=O)[C@@H]1c2ccccc2C[C@H]1NC(=O)c1cc2sc(Cl)c(Cl)c2[nH]1. The molecule has 3 amide bonds. The monoisotopic (exact) mass is 508 g/mol. The highest BCUT2D eigenvalue weighted by atomic mass is 35.5. The number of rotatable bonds is 7. The van der Waals surface area contributed by atoms with Crippen molar-refractivity contribution in [3.05, 3.63) is 56.5 Å². The average Bonchev–Trinajstić information content (AvgIpc) is 3.43. The molecular formula is C22H22Cl2N4O4S. The van der Waals surface area contributed by atoms with Gasteiger partial charge in [-0.25, -0.2) is 0 Å². The van der Waals surface area contributed by atoms with Gasteiger partial charge in [-0.05, 0) is 30.0 Å². The number of thiophene rings is 1. The van der Waals surface area contributed by atoms with E-state index in [2.05, 4.69) is 10.3 Å². The number of hydrogen-bond acceptors (Lipinski definition) is 5. The topological polar surface area (TPSA) is 129 Å². The Morgan fingerprint density at radius 1 is 1.33 bits per heavy atom. The first-order chi connectivity index (χ1) is 15.7. The molecule has 2 aromatic heterocycles. The van der Waals surface area contributed by atoms with Crippen LogP contribution in [-0.2, 0) is 16.0 Å². The van der Waals surface area contributed by atoms with E-state index in [-0.39, 0.29) is 18.7 Å². The molecule has 0 bridgehead atoms. The molecule has 0 unspecified atom stereocenters. The highest BCUT2D eigenvalue weighted by Crippen LogP contribution is 2.39. The number of carbonyl (C=O) groups is 3. The van der Waals surface area contributed by atoms with E-state index in [0.717, 1.165) is 15.8 Å². The van der Waals surface area contributed by atoms with Crippen molar-refractivity contribution in [3.63, 3.8) is 0 Å². The van der Waals surface area contributed by atoms with Gasteiger partial charge >= 0.3 is 0 Å². The van der Waals surface area contributed by atoms with Crippen molar-refractivity contribution in [3.8, 4) is 0 Å². The van der Waals surface area contributed by atoms with Gasteiger partial charge in [-0.2, -0.15) is 0 Å². The summed E-state index contributed by atoms with van der Waals surface area (Å²) in [5.74, 6) is -1.48. The summed E-state index contributed by atoms with van der Waals surface area (Å²) in [6.45, 7) is 0. The van der Waals surface area contributed by atoms with Crippen LogP contribution in [0.5, 0.6) is 0 Å². The van der Waals surface area contributed by atoms with Crippen LogP contribution in [0, 0.1) is 0 Å². The zero-order valence-electron chi connectivity index (χ0n) is 17.6. The summed E-state index contributed by atoms with van der Waals surface area (Å²) in [7, 11) is 1.58. The van der Waals surface area contributed by atoms with Gasteiger partial charge in [0.05, 0.1) is 27.3 Å². The number of primary amides is 1. The predicted molar refractivity (Wildman–Crippen MR) is 128 cm³/mol. The number of carbonyl (C=O) groups excluding carboxylic acids is 3. The average molecular weight is 509 g/mol. The number of aromatic amines is 1. The summed E-state index contributed by atoms with van der Waals surface area (Å²) in [5, 5.41) is 13.7. The Labute approximate surface area is 203 Å². The number of fused-ring (bicyclic) bond motifs is 2. The summed E-state index contributed by atoms with van der Waals surface area (Å²) in [4.78, 5) is 41.4. The minimum atomic E-state index is -1.37. The first-order valence-electron chi connectivity index (χ1n) is 10.3. The molecule has 0 aliphatic heterocycles. The van der Waals surface area contributed by atoms with Crippen LogP contribution in [0.4, 0.5) is 0 Å². The van der Waals surface area contributed by atoms with E-state index in [4.69, 9.17) is 28.9 Å². The standard InChI is InChI=1S/C22H22Cl2N4O4S/c1-28(22(32)14(29)6-7-16(25)30)19-11-5-3-2-4-10(11)8-12(19)27-21(31)13-9-15-18(26-13)17(23)20(24)33-15/h2-5,9,12,14,19,26,29H,6-8H2,1H3,(H2,25,30)(H,27,31)/t12-,14+,19-/m1/s1. The third-order valence-corrected chi connectivity index (χ3v) is 7.78. The third-order valence-electron chi connectivity index (χ3n) is 5.84. The molecular weight excluding hydrogens is 487 g/mol. The van der Waals surface area contributed by atoms with Gasteiger partial charge < -0.3 is 26.0 Å². The minimum absolute atomic E-state index is 0.0631. The van der Waals surface area contributed by atoms with Crippen molar-refractivity contribution < 1.29 is 19.5 Å². The van der Waals surface area contributed by atoms with Crippen LogP contribution >= 0.6 is 34.5 Å². The number of amides is 3. The molecule has 1 aliphatic rings. The largest absolute Gasteiger partial charge is 0.383 e. The fraction of sp³-hybridized carbons (Fsp3) is 0.318. The molecule has 1 aromatic carbocycles. The molecule has 0 spiro atoms. The smallest absolute Gasteiger partial charge is 0.268 e. The molecule has 8 nitrogen and oxygen atoms in total. The molecule has 1 aliphatic carbocycles. The van der Waals surface area contributed by atoms with Gasteiger partial charge in [-0.3, -0.25) is 14.4 Å². The highest BCUT2D eigenvalue weighted by molar-refractivity contribution is 7.23. The maximum absolute atomic E-state index is 13.0. The maximum Gasteiger partial charge on any atom is 0.268 e. The van der Waals surface area contributed by atoms with E-state index < -0.39 is 30.0 Å². The van der Waals surface area contributed by atoms with E-state index in [1.165, 1.54) is 16.2 Å². The Hall–Kier alpha value is -2.59. The molecule has 2 heterocycles. The van der Waals surface area contributed by atoms with Crippen LogP contribution in [0.1, 0.15) is 40.5 Å². The second-order valence-electron chi connectivity index (χ2n) is 8.01. The lowest BCUT2D eigenvalue weighted by molar-refractivity contribution is -0.142. The Kier molecular flexibility index (Phi) is 6.67. The number of hydrogen-bond donors (Lipinski definition) is 4. The molecule has 0 saturated carbocycles. The Morgan fingerprint density at radius 2 is 2.06 bits per heavy atom. The number of benzene rings is 1. The molecule has 3 aromatic rings. The number of likely N-dealkylation sites (N-methyl/N-ethyl adjacent to an activating group) is 1. The molecule has 33 heavy (non-hydrogen) atoms. The number of halogens is 2. The van der Waals surface area contributed by atoms with Crippen LogP contribution in [-0.4, -0.2) is 51.9 Å². The van der Waals surface area contributed by atoms with Crippen LogP contribution < -0.4 is 11.1 Å². The van der Waals surface area contributed by atoms with Crippen molar-refractivity contribution in [2.45, 2.75) is 37.5 Å². The Morgan fingerprint density at radius 3 is 2.76 bits per heavy atom.